The summed E-state index contributed by atoms with van der Waals surface area (Å²) in [6.45, 7) is 0.382. The van der Waals surface area contributed by atoms with E-state index in [-0.39, 0.29) is 11.7 Å². The van der Waals surface area contributed by atoms with Crippen molar-refractivity contribution in [2.24, 2.45) is 0 Å². The fourth-order valence-corrected chi connectivity index (χ4v) is 3.15. The Hall–Kier alpha value is -2.38. The Labute approximate surface area is 169 Å². The number of nitrogens with zero attached hydrogens (tertiary/aromatic N) is 1. The van der Waals surface area contributed by atoms with Crippen LogP contribution in [0.3, 0.4) is 0 Å². The van der Waals surface area contributed by atoms with Gasteiger partial charge in [0.15, 0.2) is 0 Å². The normalized spacial score (nSPS) is 10.4. The van der Waals surface area contributed by atoms with Gasteiger partial charge in [-0.3, -0.25) is 4.79 Å². The molecule has 0 bridgehead atoms. The number of hydrogen-bond acceptors (Lipinski definition) is 4. The highest BCUT2D eigenvalue weighted by Crippen LogP contribution is 2.21. The van der Waals surface area contributed by atoms with Crippen LogP contribution >= 0.6 is 27.7 Å². The van der Waals surface area contributed by atoms with Gasteiger partial charge in [-0.05, 0) is 42.0 Å². The van der Waals surface area contributed by atoms with E-state index in [9.17, 15) is 9.18 Å². The van der Waals surface area contributed by atoms with E-state index < -0.39 is 0 Å². The summed E-state index contributed by atoms with van der Waals surface area (Å²) in [7, 11) is 0. The summed E-state index contributed by atoms with van der Waals surface area (Å²) >= 11 is 4.86. The van der Waals surface area contributed by atoms with Crippen molar-refractivity contribution >= 4 is 33.6 Å². The largest absolute Gasteiger partial charge is 0.439 e. The molecule has 138 valence electrons. The number of carbonyl (C=O) groups is 1. The third-order valence-electron chi connectivity index (χ3n) is 3.49. The second-order valence-electron chi connectivity index (χ2n) is 5.58. The number of aromatic nitrogens is 1. The van der Waals surface area contributed by atoms with Crippen molar-refractivity contribution in [2.75, 3.05) is 5.75 Å². The Morgan fingerprint density at radius 3 is 2.67 bits per heavy atom. The molecule has 1 amide bonds. The van der Waals surface area contributed by atoms with Gasteiger partial charge in [0.05, 0.1) is 5.75 Å². The van der Waals surface area contributed by atoms with Crippen molar-refractivity contribution in [3.8, 4) is 11.6 Å². The van der Waals surface area contributed by atoms with E-state index in [1.54, 1.807) is 24.4 Å². The molecule has 0 radical (unpaired) electrons. The number of benzene rings is 2. The summed E-state index contributed by atoms with van der Waals surface area (Å²) in [6.07, 6.45) is 1.62. The first-order valence-corrected chi connectivity index (χ1v) is 9.90. The summed E-state index contributed by atoms with van der Waals surface area (Å²) < 4.78 is 19.7. The van der Waals surface area contributed by atoms with Gasteiger partial charge in [-0.1, -0.05) is 28.1 Å². The molecule has 0 aliphatic carbocycles. The second-order valence-corrected chi connectivity index (χ2v) is 7.55. The molecule has 0 unspecified atom stereocenters. The van der Waals surface area contributed by atoms with Crippen molar-refractivity contribution in [3.63, 3.8) is 0 Å². The summed E-state index contributed by atoms with van der Waals surface area (Å²) in [5.74, 6) is 0.668. The molecule has 0 atom stereocenters. The van der Waals surface area contributed by atoms with Crippen molar-refractivity contribution in [3.05, 3.63) is 82.7 Å². The quantitative estimate of drug-likeness (QED) is 0.507. The van der Waals surface area contributed by atoms with Crippen molar-refractivity contribution in [2.45, 2.75) is 11.4 Å². The zero-order valence-electron chi connectivity index (χ0n) is 14.2. The zero-order chi connectivity index (χ0) is 19.1. The topological polar surface area (TPSA) is 51.2 Å². The molecule has 1 heterocycles. The lowest BCUT2D eigenvalue weighted by molar-refractivity contribution is -0.118. The van der Waals surface area contributed by atoms with Crippen LogP contribution in [0.2, 0.25) is 0 Å². The fourth-order valence-electron chi connectivity index (χ4n) is 2.16. The van der Waals surface area contributed by atoms with Crippen LogP contribution < -0.4 is 10.1 Å². The highest BCUT2D eigenvalue weighted by molar-refractivity contribution is 9.10. The predicted molar refractivity (Wildman–Crippen MR) is 107 cm³/mol. The van der Waals surface area contributed by atoms with Gasteiger partial charge < -0.3 is 10.1 Å². The average Bonchev–Trinajstić information content (AvgIpc) is 2.67. The molecule has 0 aliphatic rings. The molecule has 1 aromatic heterocycles. The van der Waals surface area contributed by atoms with Crippen LogP contribution in [0.1, 0.15) is 5.56 Å². The summed E-state index contributed by atoms with van der Waals surface area (Å²) in [5, 5.41) is 2.86. The Morgan fingerprint density at radius 1 is 1.15 bits per heavy atom. The molecule has 3 aromatic rings. The minimum absolute atomic E-state index is 0.0528. The number of amides is 1. The van der Waals surface area contributed by atoms with Crippen LogP contribution in [-0.4, -0.2) is 16.6 Å². The van der Waals surface area contributed by atoms with E-state index in [1.165, 1.54) is 23.9 Å². The van der Waals surface area contributed by atoms with Gasteiger partial charge in [0, 0.05) is 34.2 Å². The number of pyridine rings is 1. The zero-order valence-corrected chi connectivity index (χ0v) is 16.6. The predicted octanol–water partition coefficient (Wildman–Crippen LogP) is 5.18. The monoisotopic (exact) mass is 446 g/mol. The molecule has 3 rings (SSSR count). The number of hydrogen-bond donors (Lipinski definition) is 1. The smallest absolute Gasteiger partial charge is 0.230 e. The average molecular weight is 447 g/mol. The first-order valence-electron chi connectivity index (χ1n) is 8.12. The first kappa shape index (κ1) is 19.4. The summed E-state index contributed by atoms with van der Waals surface area (Å²) in [5.41, 5.74) is 0.851. The molecular weight excluding hydrogens is 431 g/mol. The van der Waals surface area contributed by atoms with Gasteiger partial charge in [0.1, 0.15) is 11.6 Å². The maximum atomic E-state index is 13.2. The maximum Gasteiger partial charge on any atom is 0.230 e. The van der Waals surface area contributed by atoms with Gasteiger partial charge in [-0.2, -0.15) is 0 Å². The van der Waals surface area contributed by atoms with Crippen LogP contribution in [0.5, 0.6) is 11.6 Å². The third-order valence-corrected chi connectivity index (χ3v) is 5.03. The van der Waals surface area contributed by atoms with Crippen LogP contribution in [0.25, 0.3) is 0 Å². The van der Waals surface area contributed by atoms with Crippen molar-refractivity contribution < 1.29 is 13.9 Å². The van der Waals surface area contributed by atoms with Crippen molar-refractivity contribution in [1.82, 2.24) is 10.3 Å². The van der Waals surface area contributed by atoms with Gasteiger partial charge >= 0.3 is 0 Å². The molecule has 0 spiro atoms. The van der Waals surface area contributed by atoms with E-state index in [4.69, 9.17) is 4.74 Å². The second kappa shape index (κ2) is 9.53. The van der Waals surface area contributed by atoms with E-state index in [2.05, 4.69) is 26.2 Å². The van der Waals surface area contributed by atoms with E-state index in [0.29, 0.717) is 23.9 Å². The lowest BCUT2D eigenvalue weighted by Crippen LogP contribution is -2.24. The summed E-state index contributed by atoms with van der Waals surface area (Å²) in [4.78, 5) is 17.2. The number of thioether (sulfide) groups is 1. The molecule has 0 saturated carbocycles. The number of nitrogens with one attached hydrogen (secondary N) is 1. The highest BCUT2D eigenvalue weighted by Gasteiger charge is 2.05. The minimum atomic E-state index is -0.368. The van der Waals surface area contributed by atoms with Gasteiger partial charge in [0.25, 0.3) is 0 Å². The number of rotatable bonds is 7. The number of ether oxygens (including phenoxy) is 1. The van der Waals surface area contributed by atoms with E-state index in [1.807, 2.05) is 30.3 Å². The Kier molecular flexibility index (Phi) is 6.84. The minimum Gasteiger partial charge on any atom is -0.439 e. The number of carbonyl (C=O) groups excluding carboxylic acids is 1. The van der Waals surface area contributed by atoms with Crippen LogP contribution in [0.4, 0.5) is 4.39 Å². The van der Waals surface area contributed by atoms with Crippen molar-refractivity contribution in [1.29, 1.82) is 0 Å². The third kappa shape index (κ3) is 6.37. The van der Waals surface area contributed by atoms with E-state index >= 15 is 0 Å². The Bertz CT molecular complexity index is 905. The molecule has 0 aliphatic heterocycles. The van der Waals surface area contributed by atoms with Crippen LogP contribution in [0.15, 0.2) is 76.2 Å². The molecule has 1 N–H and O–H groups in total. The van der Waals surface area contributed by atoms with Crippen LogP contribution in [0, 0.1) is 5.82 Å². The standard InChI is InChI=1S/C20H16BrFN2O2S/c21-15-5-7-18(8-6-15)27-13-19(25)23-11-14-4-9-20(24-12-14)26-17-3-1-2-16(22)10-17/h1-10,12H,11,13H2,(H,23,25). The molecule has 7 heteroatoms. The highest BCUT2D eigenvalue weighted by atomic mass is 79.9. The molecule has 4 nitrogen and oxygen atoms in total. The molecule has 27 heavy (non-hydrogen) atoms. The Balaban J connectivity index is 1.45. The molecule has 0 saturated heterocycles. The molecule has 0 fully saturated rings. The molecule has 2 aromatic carbocycles. The molecular formula is C20H16BrFN2O2S. The SMILES string of the molecule is O=C(CSc1ccc(Br)cc1)NCc1ccc(Oc2cccc(F)c2)nc1. The lowest BCUT2D eigenvalue weighted by atomic mass is 10.3. The van der Waals surface area contributed by atoms with Gasteiger partial charge in [-0.25, -0.2) is 9.37 Å². The van der Waals surface area contributed by atoms with Gasteiger partial charge in [0.2, 0.25) is 11.8 Å². The van der Waals surface area contributed by atoms with Gasteiger partial charge in [-0.15, -0.1) is 11.8 Å². The van der Waals surface area contributed by atoms with Crippen LogP contribution in [-0.2, 0) is 11.3 Å². The Morgan fingerprint density at radius 2 is 1.96 bits per heavy atom. The summed E-state index contributed by atoms with van der Waals surface area (Å²) in [6, 6.07) is 17.2. The first-order chi connectivity index (χ1) is 13.1. The number of halogens is 2. The lowest BCUT2D eigenvalue weighted by Gasteiger charge is -2.07. The fraction of sp³-hybridized carbons (Fsp3) is 0.100. The maximum absolute atomic E-state index is 13.2. The van der Waals surface area contributed by atoms with E-state index in [0.717, 1.165) is 14.9 Å².